The van der Waals surface area contributed by atoms with Gasteiger partial charge in [0, 0.05) is 18.9 Å². The molecule has 0 aromatic heterocycles. The number of ketones is 1. The fraction of sp³-hybridized carbons (Fsp3) is 0.483. The highest BCUT2D eigenvalue weighted by molar-refractivity contribution is 6.99. The highest BCUT2D eigenvalue weighted by Crippen LogP contribution is 2.36. The fourth-order valence-electron chi connectivity index (χ4n) is 4.92. The predicted octanol–water partition coefficient (Wildman–Crippen LogP) is 5.89. The standard InChI is InChI=1S/C29H38O2Si/c1-29(2,3)32(26-19-11-7-12-20-26,27-21-13-8-14-22-27)31-24-16-5-4-15-23-28(30)25-17-9-6-10-18-25/h7-8,11-14,19-22,25H,4-6,9-10,16-18,24H2,1-3H3. The van der Waals surface area contributed by atoms with Gasteiger partial charge in [-0.2, -0.15) is 0 Å². The van der Waals surface area contributed by atoms with Crippen molar-refractivity contribution in [3.05, 3.63) is 60.7 Å². The molecule has 0 heterocycles. The van der Waals surface area contributed by atoms with E-state index in [1.165, 1.54) is 29.6 Å². The van der Waals surface area contributed by atoms with Crippen molar-refractivity contribution in [2.24, 2.45) is 5.92 Å². The van der Waals surface area contributed by atoms with Crippen LogP contribution < -0.4 is 10.4 Å². The second-order valence-corrected chi connectivity index (χ2v) is 14.3. The van der Waals surface area contributed by atoms with Crippen LogP contribution in [0.2, 0.25) is 5.04 Å². The van der Waals surface area contributed by atoms with E-state index in [-0.39, 0.29) is 16.7 Å². The lowest BCUT2D eigenvalue weighted by Crippen LogP contribution is -2.66. The molecule has 1 fully saturated rings. The molecule has 1 aliphatic carbocycles. The minimum atomic E-state index is -2.45. The summed E-state index contributed by atoms with van der Waals surface area (Å²) >= 11 is 0. The Morgan fingerprint density at radius 3 is 2.00 bits per heavy atom. The van der Waals surface area contributed by atoms with E-state index >= 15 is 0 Å². The molecule has 0 saturated heterocycles. The molecule has 3 rings (SSSR count). The summed E-state index contributed by atoms with van der Waals surface area (Å²) in [5.41, 5.74) is 0. The first-order valence-electron chi connectivity index (χ1n) is 12.2. The molecule has 170 valence electrons. The van der Waals surface area contributed by atoms with Crippen molar-refractivity contribution in [3.8, 4) is 11.8 Å². The van der Waals surface area contributed by atoms with E-state index in [2.05, 4.69) is 93.3 Å². The van der Waals surface area contributed by atoms with Crippen molar-refractivity contribution < 1.29 is 9.22 Å². The van der Waals surface area contributed by atoms with Gasteiger partial charge in [0.05, 0.1) is 0 Å². The second kappa shape index (κ2) is 11.6. The molecule has 2 aromatic rings. The molecule has 0 spiro atoms. The molecule has 0 unspecified atom stereocenters. The van der Waals surface area contributed by atoms with Crippen molar-refractivity contribution in [1.82, 2.24) is 0 Å². The molecule has 0 N–H and O–H groups in total. The lowest BCUT2D eigenvalue weighted by molar-refractivity contribution is -0.118. The van der Waals surface area contributed by atoms with Crippen LogP contribution in [0.15, 0.2) is 60.7 Å². The van der Waals surface area contributed by atoms with Gasteiger partial charge in [-0.25, -0.2) is 0 Å². The van der Waals surface area contributed by atoms with Gasteiger partial charge < -0.3 is 4.43 Å². The predicted molar refractivity (Wildman–Crippen MR) is 137 cm³/mol. The van der Waals surface area contributed by atoms with Gasteiger partial charge in [-0.15, -0.1) is 0 Å². The molecular weight excluding hydrogens is 408 g/mol. The zero-order chi connectivity index (χ0) is 22.9. The van der Waals surface area contributed by atoms with Crippen LogP contribution in [-0.2, 0) is 9.22 Å². The zero-order valence-electron chi connectivity index (χ0n) is 20.0. The first kappa shape index (κ1) is 24.5. The summed E-state index contributed by atoms with van der Waals surface area (Å²) in [7, 11) is -2.45. The van der Waals surface area contributed by atoms with E-state index in [1.54, 1.807) is 0 Å². The van der Waals surface area contributed by atoms with Crippen molar-refractivity contribution in [2.75, 3.05) is 6.61 Å². The highest BCUT2D eigenvalue weighted by Gasteiger charge is 2.49. The van der Waals surface area contributed by atoms with E-state index in [1.807, 2.05) is 0 Å². The molecule has 0 radical (unpaired) electrons. The van der Waals surface area contributed by atoms with E-state index in [4.69, 9.17) is 4.43 Å². The summed E-state index contributed by atoms with van der Waals surface area (Å²) < 4.78 is 6.91. The van der Waals surface area contributed by atoms with Crippen LogP contribution in [0.1, 0.15) is 72.1 Å². The molecule has 0 amide bonds. The molecule has 32 heavy (non-hydrogen) atoms. The van der Waals surface area contributed by atoms with Crippen LogP contribution >= 0.6 is 0 Å². The minimum absolute atomic E-state index is 0.00191. The molecular formula is C29H38O2Si. The Bertz CT molecular complexity index is 857. The second-order valence-electron chi connectivity index (χ2n) is 9.97. The first-order valence-corrected chi connectivity index (χ1v) is 14.1. The van der Waals surface area contributed by atoms with Gasteiger partial charge in [0.15, 0.2) is 0 Å². The Labute approximate surface area is 195 Å². The number of benzene rings is 2. The molecule has 1 saturated carbocycles. The summed E-state index contributed by atoms with van der Waals surface area (Å²) in [5, 5.41) is 2.63. The van der Waals surface area contributed by atoms with Gasteiger partial charge in [-0.05, 0) is 47.0 Å². The third kappa shape index (κ3) is 6.00. The quantitative estimate of drug-likeness (QED) is 0.219. The maximum Gasteiger partial charge on any atom is 0.261 e. The van der Waals surface area contributed by atoms with Crippen LogP contribution in [0, 0.1) is 17.8 Å². The van der Waals surface area contributed by atoms with Crippen molar-refractivity contribution in [2.45, 2.75) is 77.2 Å². The largest absolute Gasteiger partial charge is 0.407 e. The number of unbranched alkanes of at least 4 members (excludes halogenated alkanes) is 2. The Morgan fingerprint density at radius 1 is 0.906 bits per heavy atom. The van der Waals surface area contributed by atoms with Crippen LogP contribution in [0.25, 0.3) is 0 Å². The summed E-state index contributed by atoms with van der Waals surface area (Å²) in [6.45, 7) is 7.64. The lowest BCUT2D eigenvalue weighted by Gasteiger charge is -2.43. The Hall–Kier alpha value is -2.15. The van der Waals surface area contributed by atoms with E-state index in [9.17, 15) is 4.79 Å². The Kier molecular flexibility index (Phi) is 8.90. The maximum atomic E-state index is 12.2. The fourth-order valence-corrected chi connectivity index (χ4v) is 9.52. The smallest absolute Gasteiger partial charge is 0.261 e. The summed E-state index contributed by atoms with van der Waals surface area (Å²) in [6.07, 6.45) is 8.36. The average molecular weight is 447 g/mol. The van der Waals surface area contributed by atoms with Gasteiger partial charge in [-0.3, -0.25) is 4.79 Å². The van der Waals surface area contributed by atoms with E-state index in [0.29, 0.717) is 6.61 Å². The Morgan fingerprint density at radius 2 is 1.47 bits per heavy atom. The van der Waals surface area contributed by atoms with Gasteiger partial charge >= 0.3 is 0 Å². The molecule has 2 nitrogen and oxygen atoms in total. The first-order chi connectivity index (χ1) is 15.4. The SMILES string of the molecule is CC(C)(C)[Si](OCCCCC#CC(=O)C1CCCCC1)(c1ccccc1)c1ccccc1. The van der Waals surface area contributed by atoms with E-state index < -0.39 is 8.32 Å². The number of carbonyl (C=O) groups is 1. The maximum absolute atomic E-state index is 12.2. The summed E-state index contributed by atoms with van der Waals surface area (Å²) in [6, 6.07) is 21.5. The van der Waals surface area contributed by atoms with Crippen LogP contribution in [0.5, 0.6) is 0 Å². The number of Topliss-reactive ketones (excluding diaryl/α,β-unsaturated/α-hetero) is 1. The normalized spacial score (nSPS) is 15.1. The van der Waals surface area contributed by atoms with Crippen molar-refractivity contribution in [1.29, 1.82) is 0 Å². The average Bonchev–Trinajstić information content (AvgIpc) is 2.81. The Balaban J connectivity index is 1.63. The van der Waals surface area contributed by atoms with Crippen molar-refractivity contribution >= 4 is 24.5 Å². The van der Waals surface area contributed by atoms with Crippen molar-refractivity contribution in [3.63, 3.8) is 0 Å². The molecule has 1 aliphatic rings. The zero-order valence-corrected chi connectivity index (χ0v) is 21.0. The monoisotopic (exact) mass is 446 g/mol. The summed E-state index contributed by atoms with van der Waals surface area (Å²) in [5.74, 6) is 6.39. The topological polar surface area (TPSA) is 26.3 Å². The lowest BCUT2D eigenvalue weighted by atomic mass is 9.86. The van der Waals surface area contributed by atoms with Gasteiger partial charge in [0.2, 0.25) is 5.78 Å². The number of hydrogen-bond donors (Lipinski definition) is 0. The van der Waals surface area contributed by atoms with Crippen LogP contribution in [0.4, 0.5) is 0 Å². The minimum Gasteiger partial charge on any atom is -0.407 e. The van der Waals surface area contributed by atoms with Crippen LogP contribution in [-0.4, -0.2) is 20.7 Å². The molecule has 2 aromatic carbocycles. The van der Waals surface area contributed by atoms with Crippen LogP contribution in [0.3, 0.4) is 0 Å². The van der Waals surface area contributed by atoms with E-state index in [0.717, 1.165) is 32.1 Å². The molecule has 3 heteroatoms. The number of rotatable bonds is 8. The molecule has 0 aliphatic heterocycles. The molecule has 0 bridgehead atoms. The highest BCUT2D eigenvalue weighted by atomic mass is 28.4. The van der Waals surface area contributed by atoms with Gasteiger partial charge in [0.1, 0.15) is 0 Å². The summed E-state index contributed by atoms with van der Waals surface area (Å²) in [4.78, 5) is 12.2. The third-order valence-corrected chi connectivity index (χ3v) is 11.7. The molecule has 0 atom stereocenters. The van der Waals surface area contributed by atoms with Gasteiger partial charge in [-0.1, -0.05) is 107 Å². The number of carbonyl (C=O) groups excluding carboxylic acids is 1. The van der Waals surface area contributed by atoms with Gasteiger partial charge in [0.25, 0.3) is 8.32 Å². The third-order valence-electron chi connectivity index (χ3n) is 6.62. The number of hydrogen-bond acceptors (Lipinski definition) is 2.